The summed E-state index contributed by atoms with van der Waals surface area (Å²) in [6, 6.07) is 0. The van der Waals surface area contributed by atoms with Crippen molar-refractivity contribution >= 4 is 18.1 Å². The lowest BCUT2D eigenvalue weighted by atomic mass is 10.1. The third-order valence-electron chi connectivity index (χ3n) is 2.51. The summed E-state index contributed by atoms with van der Waals surface area (Å²) in [5.41, 5.74) is 1.12. The van der Waals surface area contributed by atoms with Crippen molar-refractivity contribution in [1.82, 2.24) is 4.98 Å². The fourth-order valence-corrected chi connectivity index (χ4v) is 1.81. The van der Waals surface area contributed by atoms with E-state index in [0.29, 0.717) is 6.42 Å². The van der Waals surface area contributed by atoms with Crippen LogP contribution in [0.5, 0.6) is 0 Å². The highest BCUT2D eigenvalue weighted by molar-refractivity contribution is 5.67. The Labute approximate surface area is 81.8 Å². The zero-order chi connectivity index (χ0) is 9.97. The van der Waals surface area contributed by atoms with Crippen molar-refractivity contribution in [2.75, 3.05) is 0 Å². The fraction of sp³-hybridized carbons (Fsp3) is 0.364. The number of aromatic nitrogens is 1. The molecule has 0 aliphatic heterocycles. The second-order valence-corrected chi connectivity index (χ2v) is 3.52. The van der Waals surface area contributed by atoms with Gasteiger partial charge in [-0.2, -0.15) is 0 Å². The smallest absolute Gasteiger partial charge is 0.303 e. The van der Waals surface area contributed by atoms with Crippen molar-refractivity contribution < 1.29 is 9.90 Å². The summed E-state index contributed by atoms with van der Waals surface area (Å²) in [7, 11) is 0. The van der Waals surface area contributed by atoms with E-state index in [1.165, 1.54) is 5.22 Å². The van der Waals surface area contributed by atoms with E-state index >= 15 is 0 Å². The van der Waals surface area contributed by atoms with E-state index in [2.05, 4.69) is 17.1 Å². The zero-order valence-corrected chi connectivity index (χ0v) is 7.92. The van der Waals surface area contributed by atoms with Gasteiger partial charge in [0.05, 0.1) is 0 Å². The molecule has 14 heavy (non-hydrogen) atoms. The van der Waals surface area contributed by atoms with Crippen LogP contribution in [0.3, 0.4) is 0 Å². The van der Waals surface area contributed by atoms with Crippen LogP contribution >= 0.6 is 0 Å². The maximum atomic E-state index is 10.4. The highest BCUT2D eigenvalue weighted by Gasteiger charge is 2.04. The number of hydrogen-bond donors (Lipinski definition) is 2. The van der Waals surface area contributed by atoms with E-state index in [1.54, 1.807) is 0 Å². The first-order chi connectivity index (χ1) is 6.77. The van der Waals surface area contributed by atoms with Gasteiger partial charge in [-0.15, -0.1) is 0 Å². The van der Waals surface area contributed by atoms with Gasteiger partial charge in [0.25, 0.3) is 0 Å². The molecule has 0 radical (unpaired) electrons. The van der Waals surface area contributed by atoms with E-state index in [0.717, 1.165) is 23.8 Å². The second kappa shape index (κ2) is 3.70. The summed E-state index contributed by atoms with van der Waals surface area (Å²) >= 11 is 0. The van der Waals surface area contributed by atoms with Gasteiger partial charge in [0.15, 0.2) is 0 Å². The van der Waals surface area contributed by atoms with Gasteiger partial charge in [0, 0.05) is 18.0 Å². The van der Waals surface area contributed by atoms with E-state index in [4.69, 9.17) is 5.11 Å². The molecule has 0 atom stereocenters. The molecule has 0 saturated heterocycles. The van der Waals surface area contributed by atoms with Crippen molar-refractivity contribution in [1.29, 1.82) is 0 Å². The van der Waals surface area contributed by atoms with Crippen LogP contribution in [-0.2, 0) is 11.2 Å². The number of aromatic amines is 1. The minimum Gasteiger partial charge on any atom is -0.481 e. The number of aryl methyl sites for hydroxylation is 1. The van der Waals surface area contributed by atoms with Crippen LogP contribution < -0.4 is 10.6 Å². The molecule has 2 rings (SSSR count). The van der Waals surface area contributed by atoms with E-state index in [-0.39, 0.29) is 6.42 Å². The molecular weight excluding hydrogens is 178 g/mol. The molecule has 3 heteroatoms. The molecule has 1 heterocycles. The molecular formula is C11H13NO2. The number of aliphatic carboxylic acids is 1. The van der Waals surface area contributed by atoms with E-state index in [9.17, 15) is 4.79 Å². The molecule has 1 aromatic heterocycles. The Bertz CT molecular complexity index is 456. The SMILES string of the molecule is O=C(O)CCc1c[nH]c2c1=CCCC=2. The highest BCUT2D eigenvalue weighted by atomic mass is 16.4. The first-order valence-electron chi connectivity index (χ1n) is 4.86. The number of carboxylic acids is 1. The van der Waals surface area contributed by atoms with Crippen LogP contribution in [-0.4, -0.2) is 16.1 Å². The maximum Gasteiger partial charge on any atom is 0.303 e. The van der Waals surface area contributed by atoms with Crippen molar-refractivity contribution in [3.8, 4) is 0 Å². The van der Waals surface area contributed by atoms with Gasteiger partial charge in [-0.05, 0) is 30.0 Å². The largest absolute Gasteiger partial charge is 0.481 e. The van der Waals surface area contributed by atoms with Crippen LogP contribution in [0.2, 0.25) is 0 Å². The first-order valence-corrected chi connectivity index (χ1v) is 4.86. The predicted octanol–water partition coefficient (Wildman–Crippen LogP) is 0.387. The standard InChI is InChI=1S/C11H13NO2/c13-11(14)6-5-8-7-12-10-4-2-1-3-9(8)10/h3-4,7,12H,1-2,5-6H2,(H,13,14). The summed E-state index contributed by atoms with van der Waals surface area (Å²) in [6.45, 7) is 0. The predicted molar refractivity (Wildman–Crippen MR) is 54.2 cm³/mol. The lowest BCUT2D eigenvalue weighted by molar-refractivity contribution is -0.136. The Morgan fingerprint density at radius 3 is 3.00 bits per heavy atom. The van der Waals surface area contributed by atoms with Gasteiger partial charge < -0.3 is 10.1 Å². The molecule has 0 spiro atoms. The Hall–Kier alpha value is -1.51. The number of fused-ring (bicyclic) bond motifs is 1. The van der Waals surface area contributed by atoms with Gasteiger partial charge in [-0.25, -0.2) is 0 Å². The fourth-order valence-electron chi connectivity index (χ4n) is 1.81. The van der Waals surface area contributed by atoms with E-state index < -0.39 is 5.97 Å². The zero-order valence-electron chi connectivity index (χ0n) is 7.92. The molecule has 2 N–H and O–H groups in total. The van der Waals surface area contributed by atoms with Crippen molar-refractivity contribution in [3.05, 3.63) is 22.3 Å². The Morgan fingerprint density at radius 2 is 2.21 bits per heavy atom. The lowest BCUT2D eigenvalue weighted by Gasteiger charge is -1.97. The van der Waals surface area contributed by atoms with Gasteiger partial charge in [0.1, 0.15) is 0 Å². The molecule has 1 aliphatic carbocycles. The molecule has 0 aromatic carbocycles. The summed E-state index contributed by atoms with van der Waals surface area (Å²) in [6.07, 6.45) is 9.23. The van der Waals surface area contributed by atoms with Crippen LogP contribution in [0.1, 0.15) is 24.8 Å². The lowest BCUT2D eigenvalue weighted by Crippen LogP contribution is -2.27. The molecule has 0 fully saturated rings. The summed E-state index contributed by atoms with van der Waals surface area (Å²) < 4.78 is 0. The number of H-pyrrole nitrogens is 1. The maximum absolute atomic E-state index is 10.4. The number of rotatable bonds is 3. The monoisotopic (exact) mass is 191 g/mol. The highest BCUT2D eigenvalue weighted by Crippen LogP contribution is 1.99. The average molecular weight is 191 g/mol. The van der Waals surface area contributed by atoms with Crippen LogP contribution in [0.4, 0.5) is 0 Å². The van der Waals surface area contributed by atoms with Crippen LogP contribution in [0.15, 0.2) is 6.20 Å². The molecule has 0 saturated carbocycles. The van der Waals surface area contributed by atoms with Crippen LogP contribution in [0.25, 0.3) is 12.2 Å². The summed E-state index contributed by atoms with van der Waals surface area (Å²) in [5.74, 6) is -0.736. The normalized spacial score (nSPS) is 14.0. The van der Waals surface area contributed by atoms with Gasteiger partial charge in [-0.1, -0.05) is 12.2 Å². The second-order valence-electron chi connectivity index (χ2n) is 3.52. The topological polar surface area (TPSA) is 53.1 Å². The van der Waals surface area contributed by atoms with Crippen molar-refractivity contribution in [2.24, 2.45) is 0 Å². The minimum absolute atomic E-state index is 0.206. The molecule has 0 unspecified atom stereocenters. The number of carbonyl (C=O) groups is 1. The molecule has 1 aromatic rings. The van der Waals surface area contributed by atoms with Crippen LogP contribution in [0, 0.1) is 0 Å². The average Bonchev–Trinajstić information content (AvgIpc) is 2.58. The summed E-state index contributed by atoms with van der Waals surface area (Å²) in [5, 5.41) is 10.9. The quantitative estimate of drug-likeness (QED) is 0.726. The van der Waals surface area contributed by atoms with Crippen molar-refractivity contribution in [3.63, 3.8) is 0 Å². The summed E-state index contributed by atoms with van der Waals surface area (Å²) in [4.78, 5) is 13.6. The third kappa shape index (κ3) is 1.71. The third-order valence-corrected chi connectivity index (χ3v) is 2.51. The molecule has 74 valence electrons. The number of hydrogen-bond acceptors (Lipinski definition) is 1. The number of carboxylic acid groups (broad SMARTS) is 1. The van der Waals surface area contributed by atoms with Gasteiger partial charge in [-0.3, -0.25) is 4.79 Å². The minimum atomic E-state index is -0.736. The molecule has 1 aliphatic rings. The Morgan fingerprint density at radius 1 is 1.43 bits per heavy atom. The van der Waals surface area contributed by atoms with Gasteiger partial charge in [0.2, 0.25) is 0 Å². The van der Waals surface area contributed by atoms with Crippen molar-refractivity contribution in [2.45, 2.75) is 25.7 Å². The molecule has 0 amide bonds. The number of nitrogens with one attached hydrogen (secondary N) is 1. The first kappa shape index (κ1) is 9.06. The van der Waals surface area contributed by atoms with E-state index in [1.807, 2.05) is 6.20 Å². The molecule has 0 bridgehead atoms. The Balaban J connectivity index is 2.28. The molecule has 3 nitrogen and oxygen atoms in total. The van der Waals surface area contributed by atoms with Gasteiger partial charge >= 0.3 is 5.97 Å². The Kier molecular flexibility index (Phi) is 2.39.